The Balaban J connectivity index is 1.80. The van der Waals surface area contributed by atoms with Crippen LogP contribution in [-0.2, 0) is 19.4 Å². The smallest absolute Gasteiger partial charge is 0.336 e. The van der Waals surface area contributed by atoms with Gasteiger partial charge in [0.25, 0.3) is 0 Å². The van der Waals surface area contributed by atoms with E-state index in [1.807, 2.05) is 30.3 Å². The predicted octanol–water partition coefficient (Wildman–Crippen LogP) is 3.19. The quantitative estimate of drug-likeness (QED) is 0.551. The van der Waals surface area contributed by atoms with Gasteiger partial charge in [-0.3, -0.25) is 0 Å². The maximum Gasteiger partial charge on any atom is 0.336 e. The number of para-hydroxylation sites is 1. The summed E-state index contributed by atoms with van der Waals surface area (Å²) in [6, 6.07) is 15.3. The molecule has 3 rings (SSSR count). The van der Waals surface area contributed by atoms with Crippen LogP contribution in [0.3, 0.4) is 0 Å². The first-order valence-electron chi connectivity index (χ1n) is 9.81. The van der Waals surface area contributed by atoms with E-state index < -0.39 is 20.6 Å². The summed E-state index contributed by atoms with van der Waals surface area (Å²) in [6.07, 6.45) is 5.83. The lowest BCUT2D eigenvalue weighted by Crippen LogP contribution is -2.46. The number of carbonyl (C=O) groups excluding carboxylic acids is 1. The van der Waals surface area contributed by atoms with Gasteiger partial charge in [0.05, 0.1) is 25.2 Å². The van der Waals surface area contributed by atoms with Gasteiger partial charge in [-0.05, 0) is 55.5 Å². The summed E-state index contributed by atoms with van der Waals surface area (Å²) in [7, 11) is -2.63. The Morgan fingerprint density at radius 1 is 0.968 bits per heavy atom. The molecule has 0 saturated carbocycles. The van der Waals surface area contributed by atoms with Crippen LogP contribution in [0.1, 0.15) is 6.92 Å². The highest BCUT2D eigenvalue weighted by molar-refractivity contribution is 7.94. The van der Waals surface area contributed by atoms with Crippen molar-refractivity contribution in [2.45, 2.75) is 16.6 Å². The lowest BCUT2D eigenvalue weighted by atomic mass is 10.1. The fourth-order valence-electron chi connectivity index (χ4n) is 3.07. The maximum absolute atomic E-state index is 13.4. The zero-order valence-electron chi connectivity index (χ0n) is 17.4. The third-order valence-electron chi connectivity index (χ3n) is 4.80. The monoisotopic (exact) mass is 443 g/mol. The predicted molar refractivity (Wildman–Crippen MR) is 116 cm³/mol. The molecule has 0 radical (unpaired) electrons. The number of hydrogen-bond donors (Lipinski definition) is 0. The fourth-order valence-corrected chi connectivity index (χ4v) is 4.71. The molecule has 0 spiro atoms. The van der Waals surface area contributed by atoms with Gasteiger partial charge in [0.15, 0.2) is 0 Å². The van der Waals surface area contributed by atoms with Crippen molar-refractivity contribution in [3.8, 4) is 11.5 Å². The molecule has 0 saturated heterocycles. The van der Waals surface area contributed by atoms with Crippen molar-refractivity contribution in [3.05, 3.63) is 79.1 Å². The zero-order chi connectivity index (χ0) is 22.3. The summed E-state index contributed by atoms with van der Waals surface area (Å²) in [5.41, 5.74) is 0. The molecule has 1 heterocycles. The molecular weight excluding hydrogens is 418 g/mol. The molecule has 2 aromatic rings. The van der Waals surface area contributed by atoms with E-state index >= 15 is 0 Å². The van der Waals surface area contributed by atoms with Gasteiger partial charge in [0.1, 0.15) is 18.1 Å². The molecule has 0 fully saturated rings. The molecule has 1 aliphatic rings. The Labute approximate surface area is 182 Å². The van der Waals surface area contributed by atoms with Crippen molar-refractivity contribution in [2.75, 3.05) is 26.9 Å². The van der Waals surface area contributed by atoms with Crippen LogP contribution in [0.15, 0.2) is 84.0 Å². The highest BCUT2D eigenvalue weighted by atomic mass is 32.2. The van der Waals surface area contributed by atoms with E-state index in [1.165, 1.54) is 43.5 Å². The molecule has 1 aliphatic heterocycles. The zero-order valence-corrected chi connectivity index (χ0v) is 18.2. The van der Waals surface area contributed by atoms with Crippen molar-refractivity contribution in [3.63, 3.8) is 0 Å². The number of hydrogen-bond acceptors (Lipinski definition) is 7. The van der Waals surface area contributed by atoms with E-state index in [4.69, 9.17) is 14.2 Å². The second-order valence-corrected chi connectivity index (χ2v) is 8.88. The molecule has 0 amide bonds. The minimum absolute atomic E-state index is 0.00323. The average Bonchev–Trinajstić information content (AvgIpc) is 2.80. The molecule has 0 bridgehead atoms. The summed E-state index contributed by atoms with van der Waals surface area (Å²) in [5, 5.41) is 0. The number of ether oxygens (including phenoxy) is 3. The Bertz CT molecular complexity index is 1030. The first kappa shape index (κ1) is 22.4. The standard InChI is InChI=1S/C23H25NO6S/c1-3-29-22(25)23(31(26,27)21-11-9-19(28-2)10-12-21)13-15-24(16-14-23)17-18-30-20-7-5-4-6-8-20/h4-16H,3,17-18H2,1-2H3. The number of sulfone groups is 1. The molecule has 0 N–H and O–H groups in total. The lowest BCUT2D eigenvalue weighted by Gasteiger charge is -2.30. The summed E-state index contributed by atoms with van der Waals surface area (Å²) < 4.78 is 40.8. The molecule has 0 aliphatic carbocycles. The van der Waals surface area contributed by atoms with Gasteiger partial charge in [-0.25, -0.2) is 13.2 Å². The largest absolute Gasteiger partial charge is 0.497 e. The average molecular weight is 444 g/mol. The van der Waals surface area contributed by atoms with E-state index in [9.17, 15) is 13.2 Å². The minimum Gasteiger partial charge on any atom is -0.497 e. The highest BCUT2D eigenvalue weighted by Gasteiger charge is 2.50. The van der Waals surface area contributed by atoms with Crippen LogP contribution in [0.25, 0.3) is 0 Å². The second-order valence-electron chi connectivity index (χ2n) is 6.72. The van der Waals surface area contributed by atoms with E-state index in [-0.39, 0.29) is 11.5 Å². The lowest BCUT2D eigenvalue weighted by molar-refractivity contribution is -0.143. The second kappa shape index (κ2) is 9.70. The van der Waals surface area contributed by atoms with Crippen molar-refractivity contribution in [2.24, 2.45) is 0 Å². The van der Waals surface area contributed by atoms with Gasteiger partial charge in [-0.2, -0.15) is 0 Å². The topological polar surface area (TPSA) is 82.1 Å². The summed E-state index contributed by atoms with van der Waals surface area (Å²) in [4.78, 5) is 14.5. The number of rotatable bonds is 9. The first-order valence-corrected chi connectivity index (χ1v) is 11.3. The van der Waals surface area contributed by atoms with Crippen molar-refractivity contribution in [1.82, 2.24) is 4.90 Å². The van der Waals surface area contributed by atoms with E-state index in [1.54, 1.807) is 24.2 Å². The Morgan fingerprint density at radius 3 is 2.19 bits per heavy atom. The molecule has 31 heavy (non-hydrogen) atoms. The van der Waals surface area contributed by atoms with Crippen molar-refractivity contribution in [1.29, 1.82) is 0 Å². The maximum atomic E-state index is 13.4. The van der Waals surface area contributed by atoms with Crippen LogP contribution in [0.4, 0.5) is 0 Å². The van der Waals surface area contributed by atoms with Crippen molar-refractivity contribution >= 4 is 15.8 Å². The van der Waals surface area contributed by atoms with Crippen molar-refractivity contribution < 1.29 is 27.4 Å². The van der Waals surface area contributed by atoms with Gasteiger partial charge in [-0.15, -0.1) is 0 Å². The van der Waals surface area contributed by atoms with Gasteiger partial charge < -0.3 is 19.1 Å². The Hall–Kier alpha value is -3.26. The van der Waals surface area contributed by atoms with Gasteiger partial charge in [0, 0.05) is 12.4 Å². The van der Waals surface area contributed by atoms with Gasteiger partial charge >= 0.3 is 5.97 Å². The third-order valence-corrected chi connectivity index (χ3v) is 7.02. The SMILES string of the molecule is CCOC(=O)C1(S(=O)(=O)c2ccc(OC)cc2)C=CN(CCOc2ccccc2)C=C1. The molecule has 2 aromatic carbocycles. The van der Waals surface area contributed by atoms with Crippen LogP contribution in [-0.4, -0.2) is 50.9 Å². The minimum atomic E-state index is -4.12. The number of esters is 1. The highest BCUT2D eigenvalue weighted by Crippen LogP contribution is 2.33. The third kappa shape index (κ3) is 4.74. The number of benzene rings is 2. The van der Waals surface area contributed by atoms with E-state index in [0.717, 1.165) is 5.75 Å². The molecule has 8 heteroatoms. The van der Waals surface area contributed by atoms with Gasteiger partial charge in [-0.1, -0.05) is 18.2 Å². The Kier molecular flexibility index (Phi) is 7.02. The summed E-state index contributed by atoms with van der Waals surface area (Å²) in [5.74, 6) is 0.414. The van der Waals surface area contributed by atoms with Crippen LogP contribution in [0, 0.1) is 0 Å². The molecule has 164 valence electrons. The van der Waals surface area contributed by atoms with Crippen LogP contribution < -0.4 is 9.47 Å². The van der Waals surface area contributed by atoms with E-state index in [0.29, 0.717) is 18.9 Å². The number of nitrogens with zero attached hydrogens (tertiary/aromatic N) is 1. The van der Waals surface area contributed by atoms with E-state index in [2.05, 4.69) is 0 Å². The molecule has 0 aromatic heterocycles. The Morgan fingerprint density at radius 2 is 1.61 bits per heavy atom. The van der Waals surface area contributed by atoms with Crippen LogP contribution in [0.2, 0.25) is 0 Å². The molecule has 0 unspecified atom stereocenters. The summed E-state index contributed by atoms with van der Waals surface area (Å²) >= 11 is 0. The number of methoxy groups -OCH3 is 1. The molecule has 0 atom stereocenters. The van der Waals surface area contributed by atoms with Crippen LogP contribution in [0.5, 0.6) is 11.5 Å². The first-order chi connectivity index (χ1) is 14.9. The molecular formula is C23H25NO6S. The normalized spacial score (nSPS) is 14.8. The fraction of sp³-hybridized carbons (Fsp3) is 0.261. The summed E-state index contributed by atoms with van der Waals surface area (Å²) in [6.45, 7) is 2.56. The van der Waals surface area contributed by atoms with Crippen LogP contribution >= 0.6 is 0 Å². The number of carbonyl (C=O) groups is 1. The van der Waals surface area contributed by atoms with Gasteiger partial charge in [0.2, 0.25) is 14.6 Å². The molecule has 7 nitrogen and oxygen atoms in total.